The minimum atomic E-state index is -0.394. The van der Waals surface area contributed by atoms with Gasteiger partial charge in [0.25, 0.3) is 0 Å². The summed E-state index contributed by atoms with van der Waals surface area (Å²) in [7, 11) is 1.00. The molecule has 1 fully saturated rings. The zero-order valence-corrected chi connectivity index (χ0v) is 19.6. The molecule has 29 heavy (non-hydrogen) atoms. The molecule has 0 unspecified atom stereocenters. The highest BCUT2D eigenvalue weighted by molar-refractivity contribution is 8.05. The third-order valence-electron chi connectivity index (χ3n) is 5.31. The highest BCUT2D eigenvalue weighted by Gasteiger charge is 2.52. The van der Waals surface area contributed by atoms with E-state index in [0.717, 1.165) is 25.0 Å². The number of benzene rings is 2. The summed E-state index contributed by atoms with van der Waals surface area (Å²) >= 11 is 3.35. The lowest BCUT2D eigenvalue weighted by molar-refractivity contribution is 0.00578. The number of carbonyl (C=O) groups excluding carboxylic acids is 1. The molecule has 154 valence electrons. The van der Waals surface area contributed by atoms with Gasteiger partial charge in [-0.25, -0.2) is 4.79 Å². The number of methoxy groups -OCH3 is 1. The Balaban J connectivity index is 0.00000117. The van der Waals surface area contributed by atoms with E-state index in [1.54, 1.807) is 29.6 Å². The fraction of sp³-hybridized carbons (Fsp3) is 0.409. The van der Waals surface area contributed by atoms with E-state index in [1.807, 2.05) is 32.0 Å². The quantitative estimate of drug-likeness (QED) is 0.400. The number of carbonyl (C=O) groups is 1. The Bertz CT molecular complexity index is 911. The summed E-state index contributed by atoms with van der Waals surface area (Å²) in [6, 6.07) is 11.9. The average Bonchev–Trinajstić information content (AvgIpc) is 2.93. The number of rotatable bonds is 2. The Morgan fingerprint density at radius 1 is 0.931 bits per heavy atom. The predicted molar refractivity (Wildman–Crippen MR) is 120 cm³/mol. The Morgan fingerprint density at radius 2 is 1.59 bits per heavy atom. The number of hydrogen-bond donors (Lipinski definition) is 0. The second kappa shape index (κ2) is 8.38. The van der Waals surface area contributed by atoms with Crippen molar-refractivity contribution in [1.29, 1.82) is 0 Å². The monoisotopic (exact) mass is 430 g/mol. The van der Waals surface area contributed by atoms with Crippen molar-refractivity contribution in [2.45, 2.75) is 72.3 Å². The van der Waals surface area contributed by atoms with Gasteiger partial charge in [-0.05, 0) is 57.4 Å². The first-order chi connectivity index (χ1) is 13.7. The van der Waals surface area contributed by atoms with E-state index in [1.165, 1.54) is 7.11 Å². The van der Waals surface area contributed by atoms with E-state index in [0.29, 0.717) is 5.56 Å². The Labute approximate surface area is 182 Å². The lowest BCUT2D eigenvalue weighted by Crippen LogP contribution is -2.41. The normalized spacial score (nSPS) is 18.2. The third-order valence-corrected chi connectivity index (χ3v) is 7.93. The van der Waals surface area contributed by atoms with Crippen LogP contribution in [0.2, 0.25) is 0 Å². The molecule has 0 spiro atoms. The van der Waals surface area contributed by atoms with Gasteiger partial charge in [0.1, 0.15) is 0 Å². The van der Waals surface area contributed by atoms with Gasteiger partial charge in [0.15, 0.2) is 0 Å². The molecule has 1 saturated heterocycles. The number of hydrogen-bond acceptors (Lipinski definition) is 6. The fourth-order valence-corrected chi connectivity index (χ4v) is 5.44. The molecule has 0 saturated carbocycles. The minimum absolute atomic E-state index is 0.319. The van der Waals surface area contributed by atoms with Crippen LogP contribution in [0.1, 0.15) is 51.9 Å². The van der Waals surface area contributed by atoms with E-state index in [4.69, 9.17) is 14.0 Å². The van der Waals surface area contributed by atoms with E-state index in [9.17, 15) is 4.79 Å². The van der Waals surface area contributed by atoms with Gasteiger partial charge in [-0.2, -0.15) is 0 Å². The molecule has 0 aromatic heterocycles. The van der Waals surface area contributed by atoms with Crippen molar-refractivity contribution in [2.24, 2.45) is 0 Å². The van der Waals surface area contributed by atoms with E-state index in [-0.39, 0.29) is 17.2 Å². The van der Waals surface area contributed by atoms with Crippen LogP contribution < -0.4 is 5.46 Å². The van der Waals surface area contributed by atoms with Crippen molar-refractivity contribution in [3.05, 3.63) is 42.0 Å². The molecule has 0 bridgehead atoms. The maximum Gasteiger partial charge on any atom is 0.496 e. The van der Waals surface area contributed by atoms with Crippen LogP contribution in [0.5, 0.6) is 0 Å². The van der Waals surface area contributed by atoms with Gasteiger partial charge in [-0.3, -0.25) is 0 Å². The summed E-state index contributed by atoms with van der Waals surface area (Å²) in [6.07, 6.45) is 0. The lowest BCUT2D eigenvalue weighted by atomic mass is 9.79. The summed E-state index contributed by atoms with van der Waals surface area (Å²) in [5, 5.41) is 0. The van der Waals surface area contributed by atoms with Crippen LogP contribution in [0.3, 0.4) is 0 Å². The molecule has 0 N–H and O–H groups in total. The molecule has 2 aliphatic rings. The molecule has 0 aliphatic carbocycles. The molecule has 0 radical (unpaired) electrons. The maximum absolute atomic E-state index is 11.8. The molecule has 4 nitrogen and oxygen atoms in total. The molecule has 2 aliphatic heterocycles. The van der Waals surface area contributed by atoms with Crippen molar-refractivity contribution < 1.29 is 18.8 Å². The number of ether oxygens (including phenoxy) is 1. The molecule has 0 atom stereocenters. The first kappa shape index (κ1) is 22.3. The van der Waals surface area contributed by atoms with Crippen LogP contribution in [-0.4, -0.2) is 31.4 Å². The van der Waals surface area contributed by atoms with Gasteiger partial charge in [0, 0.05) is 19.6 Å². The van der Waals surface area contributed by atoms with Crippen LogP contribution in [0, 0.1) is 0 Å². The van der Waals surface area contributed by atoms with Crippen LogP contribution in [-0.2, 0) is 14.0 Å². The zero-order valence-electron chi connectivity index (χ0n) is 18.0. The number of esters is 1. The molecule has 2 heterocycles. The largest absolute Gasteiger partial charge is 0.496 e. The third kappa shape index (κ3) is 4.11. The second-order valence-corrected chi connectivity index (χ2v) is 9.76. The highest BCUT2D eigenvalue weighted by atomic mass is 32.2. The van der Waals surface area contributed by atoms with Gasteiger partial charge >= 0.3 is 13.1 Å². The molecule has 2 aromatic rings. The summed E-state index contributed by atoms with van der Waals surface area (Å²) in [5.41, 5.74) is 0.863. The summed E-state index contributed by atoms with van der Waals surface area (Å²) in [5.74, 6) is -0.319. The smallest absolute Gasteiger partial charge is 0.465 e. The predicted octanol–water partition coefficient (Wildman–Crippen LogP) is 5.41. The summed E-state index contributed by atoms with van der Waals surface area (Å²) in [6.45, 7) is 12.3. The van der Waals surface area contributed by atoms with Crippen LogP contribution in [0.25, 0.3) is 0 Å². The fourth-order valence-electron chi connectivity index (χ4n) is 3.02. The van der Waals surface area contributed by atoms with Gasteiger partial charge in [0.2, 0.25) is 0 Å². The first-order valence-electron chi connectivity index (χ1n) is 9.78. The van der Waals surface area contributed by atoms with E-state index in [2.05, 4.69) is 39.8 Å². The Morgan fingerprint density at radius 3 is 2.21 bits per heavy atom. The SMILES string of the molecule is CC.COC(=O)c1ccc2c(c1)Sc1cccc(B3OC(C)(C)C(C)(C)O3)c1S2. The Kier molecular flexibility index (Phi) is 6.44. The second-order valence-electron chi connectivity index (χ2n) is 7.62. The summed E-state index contributed by atoms with van der Waals surface area (Å²) < 4.78 is 17.4. The van der Waals surface area contributed by atoms with Gasteiger partial charge in [-0.15, -0.1) is 0 Å². The van der Waals surface area contributed by atoms with Crippen molar-refractivity contribution in [1.82, 2.24) is 0 Å². The number of fused-ring (bicyclic) bond motifs is 2. The first-order valence-corrected chi connectivity index (χ1v) is 11.4. The van der Waals surface area contributed by atoms with E-state index >= 15 is 0 Å². The zero-order chi connectivity index (χ0) is 21.4. The molecule has 7 heteroatoms. The van der Waals surface area contributed by atoms with Crippen molar-refractivity contribution in [3.63, 3.8) is 0 Å². The Hall–Kier alpha value is -1.41. The lowest BCUT2D eigenvalue weighted by Gasteiger charge is -2.32. The van der Waals surface area contributed by atoms with Gasteiger partial charge in [0.05, 0.1) is 23.9 Å². The van der Waals surface area contributed by atoms with Crippen molar-refractivity contribution >= 4 is 42.1 Å². The van der Waals surface area contributed by atoms with Crippen molar-refractivity contribution in [3.8, 4) is 0 Å². The van der Waals surface area contributed by atoms with Gasteiger partial charge < -0.3 is 14.0 Å². The van der Waals surface area contributed by atoms with Crippen LogP contribution in [0.4, 0.5) is 0 Å². The molecular formula is C22H27BO4S2. The van der Waals surface area contributed by atoms with Crippen molar-refractivity contribution in [2.75, 3.05) is 7.11 Å². The van der Waals surface area contributed by atoms with Gasteiger partial charge in [-0.1, -0.05) is 49.5 Å². The maximum atomic E-state index is 11.8. The highest BCUT2D eigenvalue weighted by Crippen LogP contribution is 2.48. The average molecular weight is 430 g/mol. The van der Waals surface area contributed by atoms with Crippen LogP contribution >= 0.6 is 23.5 Å². The minimum Gasteiger partial charge on any atom is -0.465 e. The summed E-state index contributed by atoms with van der Waals surface area (Å²) in [4.78, 5) is 16.3. The standard InChI is InChI=1S/C20H21BO4S2.C2H6/c1-19(2)20(3,4)25-21(24-19)13-7-6-8-15-17(13)27-14-10-9-12(18(22)23-5)11-16(14)26-15;1-2/h6-11H,1-5H3;1-2H3. The van der Waals surface area contributed by atoms with Crippen LogP contribution in [0.15, 0.2) is 56.0 Å². The molecule has 0 amide bonds. The molecule has 4 rings (SSSR count). The van der Waals surface area contributed by atoms with E-state index < -0.39 is 7.12 Å². The topological polar surface area (TPSA) is 44.8 Å². The molecular weight excluding hydrogens is 403 g/mol. The molecule has 2 aromatic carbocycles.